The number of Topliss-reactive ketones (excluding diaryl/α,β-unsaturated/α-hetero) is 1. The number of thiophene rings is 1. The molecule has 6 rings (SSSR count). The standard InChI is InChI=1S/C29H24N2O3S/c32-25-17-20(26-13-6-14-34-26)16-23-28(25)29(19-8-2-1-3-9-19)31(24-12-5-4-11-22(24)30-23)27(33)18-21-10-7-15-35-21/h1-15,20,29-30H,16-18H2/t20-,29-/m1/s1. The molecular formula is C29H24N2O3S. The molecule has 2 aliphatic rings. The summed E-state index contributed by atoms with van der Waals surface area (Å²) in [5, 5.41) is 5.53. The second-order valence-corrected chi connectivity index (χ2v) is 9.94. The van der Waals surface area contributed by atoms with Crippen LogP contribution in [0, 0.1) is 0 Å². The lowest BCUT2D eigenvalue weighted by molar-refractivity contribution is -0.118. The zero-order chi connectivity index (χ0) is 23.8. The van der Waals surface area contributed by atoms with E-state index in [2.05, 4.69) is 5.32 Å². The third kappa shape index (κ3) is 4.00. The zero-order valence-electron chi connectivity index (χ0n) is 19.0. The van der Waals surface area contributed by atoms with E-state index >= 15 is 0 Å². The number of fused-ring (bicyclic) bond motifs is 1. The summed E-state index contributed by atoms with van der Waals surface area (Å²) in [7, 11) is 0. The van der Waals surface area contributed by atoms with Crippen molar-refractivity contribution < 1.29 is 14.0 Å². The summed E-state index contributed by atoms with van der Waals surface area (Å²) in [6.45, 7) is 0. The number of nitrogens with one attached hydrogen (secondary N) is 1. The van der Waals surface area contributed by atoms with Crippen LogP contribution in [0.1, 0.15) is 41.0 Å². The molecule has 6 heteroatoms. The van der Waals surface area contributed by atoms with Crippen LogP contribution in [-0.2, 0) is 16.0 Å². The highest BCUT2D eigenvalue weighted by Gasteiger charge is 2.41. The first-order valence-corrected chi connectivity index (χ1v) is 12.6. The smallest absolute Gasteiger partial charge is 0.233 e. The summed E-state index contributed by atoms with van der Waals surface area (Å²) in [4.78, 5) is 30.6. The number of para-hydroxylation sites is 2. The van der Waals surface area contributed by atoms with Gasteiger partial charge in [0.1, 0.15) is 5.76 Å². The van der Waals surface area contributed by atoms with E-state index in [1.54, 1.807) is 17.6 Å². The first-order valence-electron chi connectivity index (χ1n) is 11.7. The highest BCUT2D eigenvalue weighted by molar-refractivity contribution is 7.10. The molecule has 0 spiro atoms. The minimum Gasteiger partial charge on any atom is -0.469 e. The number of nitrogens with zero attached hydrogens (tertiary/aromatic N) is 1. The van der Waals surface area contributed by atoms with Gasteiger partial charge in [0, 0.05) is 28.5 Å². The molecule has 1 amide bonds. The van der Waals surface area contributed by atoms with Gasteiger partial charge in [-0.2, -0.15) is 0 Å². The number of ketones is 1. The predicted molar refractivity (Wildman–Crippen MR) is 137 cm³/mol. The van der Waals surface area contributed by atoms with Crippen molar-refractivity contribution in [1.82, 2.24) is 0 Å². The summed E-state index contributed by atoms with van der Waals surface area (Å²) >= 11 is 1.57. The van der Waals surface area contributed by atoms with E-state index < -0.39 is 6.04 Å². The summed E-state index contributed by atoms with van der Waals surface area (Å²) < 4.78 is 5.67. The van der Waals surface area contributed by atoms with Gasteiger partial charge in [0.15, 0.2) is 5.78 Å². The van der Waals surface area contributed by atoms with E-state index in [0.29, 0.717) is 18.4 Å². The molecule has 0 saturated carbocycles. The molecule has 3 heterocycles. The molecule has 2 atom stereocenters. The summed E-state index contributed by atoms with van der Waals surface area (Å²) in [6.07, 6.45) is 2.91. The fraction of sp³-hybridized carbons (Fsp3) is 0.172. The quantitative estimate of drug-likeness (QED) is 0.363. The molecule has 0 fully saturated rings. The number of carbonyl (C=O) groups excluding carboxylic acids is 2. The molecule has 174 valence electrons. The number of furan rings is 1. The Balaban J connectivity index is 1.53. The van der Waals surface area contributed by atoms with Crippen molar-refractivity contribution in [2.45, 2.75) is 31.2 Å². The highest BCUT2D eigenvalue weighted by atomic mass is 32.1. The number of carbonyl (C=O) groups is 2. The van der Waals surface area contributed by atoms with E-state index in [0.717, 1.165) is 33.3 Å². The molecule has 0 bridgehead atoms. The Morgan fingerprint density at radius 1 is 0.971 bits per heavy atom. The topological polar surface area (TPSA) is 62.6 Å². The van der Waals surface area contributed by atoms with Crippen LogP contribution in [0.2, 0.25) is 0 Å². The molecule has 1 aliphatic carbocycles. The average Bonchev–Trinajstić information content (AvgIpc) is 3.57. The fourth-order valence-corrected chi connectivity index (χ4v) is 5.88. The van der Waals surface area contributed by atoms with Gasteiger partial charge in [0.25, 0.3) is 0 Å². The van der Waals surface area contributed by atoms with Crippen LogP contribution in [0.3, 0.4) is 0 Å². The fourth-order valence-electron chi connectivity index (χ4n) is 5.19. The lowest BCUT2D eigenvalue weighted by atomic mass is 9.80. The number of anilines is 2. The zero-order valence-corrected chi connectivity index (χ0v) is 19.8. The van der Waals surface area contributed by atoms with Crippen molar-refractivity contribution in [2.24, 2.45) is 0 Å². The number of hydrogen-bond acceptors (Lipinski definition) is 5. The normalized spacial score (nSPS) is 19.5. The Hall–Kier alpha value is -3.90. The minimum atomic E-state index is -0.514. The van der Waals surface area contributed by atoms with Crippen LogP contribution < -0.4 is 10.2 Å². The number of hydrogen-bond donors (Lipinski definition) is 1. The van der Waals surface area contributed by atoms with E-state index in [1.807, 2.05) is 89.1 Å². The molecule has 0 unspecified atom stereocenters. The number of benzene rings is 2. The average molecular weight is 481 g/mol. The molecule has 1 aliphatic heterocycles. The SMILES string of the molecule is O=C1C[C@H](c2ccco2)CC2=C1[C@@H](c1ccccc1)N(C(=O)Cc1cccs1)c1ccccc1N2. The summed E-state index contributed by atoms with van der Waals surface area (Å²) in [5.41, 5.74) is 4.04. The largest absolute Gasteiger partial charge is 0.469 e. The summed E-state index contributed by atoms with van der Waals surface area (Å²) in [5.74, 6) is 0.771. The molecule has 35 heavy (non-hydrogen) atoms. The van der Waals surface area contributed by atoms with Gasteiger partial charge in [-0.15, -0.1) is 11.3 Å². The van der Waals surface area contributed by atoms with Crippen LogP contribution in [-0.4, -0.2) is 11.7 Å². The Bertz CT molecular complexity index is 1390. The van der Waals surface area contributed by atoms with Crippen LogP contribution in [0.15, 0.2) is 106 Å². The van der Waals surface area contributed by atoms with Crippen molar-refractivity contribution in [3.05, 3.63) is 118 Å². The Kier molecular flexibility index (Phi) is 5.58. The second-order valence-electron chi connectivity index (χ2n) is 8.91. The Morgan fingerprint density at radius 3 is 2.57 bits per heavy atom. The summed E-state index contributed by atoms with van der Waals surface area (Å²) in [6, 6.07) is 24.9. The molecule has 0 radical (unpaired) electrons. The van der Waals surface area contributed by atoms with Crippen LogP contribution in [0.4, 0.5) is 11.4 Å². The van der Waals surface area contributed by atoms with E-state index in [4.69, 9.17) is 4.42 Å². The maximum atomic E-state index is 14.0. The molecule has 2 aromatic heterocycles. The van der Waals surface area contributed by atoms with Crippen molar-refractivity contribution in [1.29, 1.82) is 0 Å². The molecule has 0 saturated heterocycles. The third-order valence-corrected chi connectivity index (χ3v) is 7.60. The van der Waals surface area contributed by atoms with Gasteiger partial charge >= 0.3 is 0 Å². The van der Waals surface area contributed by atoms with Crippen molar-refractivity contribution in [2.75, 3.05) is 10.2 Å². The Morgan fingerprint density at radius 2 is 1.80 bits per heavy atom. The van der Waals surface area contributed by atoms with Crippen molar-refractivity contribution in [3.63, 3.8) is 0 Å². The van der Waals surface area contributed by atoms with Gasteiger partial charge in [0.05, 0.1) is 30.1 Å². The van der Waals surface area contributed by atoms with Gasteiger partial charge in [-0.05, 0) is 47.7 Å². The lowest BCUT2D eigenvalue weighted by Gasteiger charge is -2.34. The lowest BCUT2D eigenvalue weighted by Crippen LogP contribution is -2.39. The second kappa shape index (κ2) is 9.04. The van der Waals surface area contributed by atoms with Crippen molar-refractivity contribution in [3.8, 4) is 0 Å². The Labute approximate surface area is 207 Å². The molecule has 5 nitrogen and oxygen atoms in total. The molecule has 2 aromatic carbocycles. The molecule has 4 aromatic rings. The number of allylic oxidation sites excluding steroid dienone is 1. The first-order chi connectivity index (χ1) is 17.2. The van der Waals surface area contributed by atoms with Gasteiger partial charge in [-0.1, -0.05) is 48.5 Å². The number of amides is 1. The van der Waals surface area contributed by atoms with Gasteiger partial charge < -0.3 is 9.73 Å². The molecule has 1 N–H and O–H groups in total. The van der Waals surface area contributed by atoms with Crippen LogP contribution in [0.25, 0.3) is 0 Å². The van der Waals surface area contributed by atoms with Gasteiger partial charge in [-0.25, -0.2) is 0 Å². The van der Waals surface area contributed by atoms with E-state index in [1.165, 1.54) is 0 Å². The number of rotatable bonds is 4. The van der Waals surface area contributed by atoms with Gasteiger partial charge in [-0.3, -0.25) is 14.5 Å². The van der Waals surface area contributed by atoms with Crippen LogP contribution in [0.5, 0.6) is 0 Å². The van der Waals surface area contributed by atoms with Crippen molar-refractivity contribution >= 4 is 34.4 Å². The van der Waals surface area contributed by atoms with Gasteiger partial charge in [0.2, 0.25) is 5.91 Å². The predicted octanol–water partition coefficient (Wildman–Crippen LogP) is 6.48. The monoisotopic (exact) mass is 480 g/mol. The minimum absolute atomic E-state index is 0.0368. The third-order valence-electron chi connectivity index (χ3n) is 6.72. The maximum Gasteiger partial charge on any atom is 0.233 e. The first kappa shape index (κ1) is 21.6. The van der Waals surface area contributed by atoms with Crippen LogP contribution >= 0.6 is 11.3 Å². The van der Waals surface area contributed by atoms with E-state index in [9.17, 15) is 9.59 Å². The van der Waals surface area contributed by atoms with E-state index in [-0.39, 0.29) is 24.0 Å². The molecular weight excluding hydrogens is 456 g/mol. The highest BCUT2D eigenvalue weighted by Crippen LogP contribution is 2.47. The maximum absolute atomic E-state index is 14.0.